The number of H-pyrrole nitrogens is 1. The fourth-order valence-electron chi connectivity index (χ4n) is 1.00. The van der Waals surface area contributed by atoms with Gasteiger partial charge in [-0.1, -0.05) is 5.10 Å². The Hall–Kier alpha value is -3.72. The van der Waals surface area contributed by atoms with Gasteiger partial charge < -0.3 is 4.68 Å². The van der Waals surface area contributed by atoms with E-state index in [0.29, 0.717) is 0 Å². The van der Waals surface area contributed by atoms with Crippen molar-refractivity contribution in [3.05, 3.63) is 31.5 Å². The van der Waals surface area contributed by atoms with Gasteiger partial charge in [0.05, 0.1) is 0 Å². The highest BCUT2D eigenvalue weighted by Gasteiger charge is 1.98. The normalized spacial score (nSPS) is 13.2. The Labute approximate surface area is 106 Å². The maximum Gasteiger partial charge on any atom is 0.341 e. The minimum atomic E-state index is -0.978. The van der Waals surface area contributed by atoms with E-state index in [-0.39, 0.29) is 5.62 Å². The largest absolute Gasteiger partial charge is 0.341 e. The topological polar surface area (TPSA) is 202 Å². The van der Waals surface area contributed by atoms with Crippen molar-refractivity contribution < 1.29 is 10.1 Å². The fraction of sp³-hybridized carbons (Fsp3) is 0. The van der Waals surface area contributed by atoms with E-state index < -0.39 is 15.7 Å². The van der Waals surface area contributed by atoms with Crippen molar-refractivity contribution >= 4 is 12.4 Å². The van der Waals surface area contributed by atoms with Gasteiger partial charge in [-0.25, -0.2) is 35.2 Å². The second-order valence-electron chi connectivity index (χ2n) is 2.87. The van der Waals surface area contributed by atoms with Gasteiger partial charge in [0.1, 0.15) is 10.1 Å². The van der Waals surface area contributed by atoms with Crippen molar-refractivity contribution in [2.75, 3.05) is 0 Å². The Bertz CT molecular complexity index is 718. The van der Waals surface area contributed by atoms with Gasteiger partial charge >= 0.3 is 5.62 Å². The van der Waals surface area contributed by atoms with E-state index in [1.54, 1.807) is 0 Å². The highest BCUT2D eigenvalue weighted by atomic mass is 16.7. The monoisotopic (exact) mass is 283 g/mol. The van der Waals surface area contributed by atoms with Crippen LogP contribution in [0, 0.1) is 20.2 Å². The molecular formula is C4H3N12O4-. The molecule has 2 aromatic heterocycles. The van der Waals surface area contributed by atoms with Gasteiger partial charge in [-0.05, 0) is 16.5 Å². The van der Waals surface area contributed by atoms with E-state index in [0.717, 1.165) is 21.8 Å². The van der Waals surface area contributed by atoms with Crippen molar-refractivity contribution in [2.24, 2.45) is 10.2 Å². The Balaban J connectivity index is 2.37. The van der Waals surface area contributed by atoms with Crippen molar-refractivity contribution in [1.82, 2.24) is 40.4 Å². The van der Waals surface area contributed by atoms with Gasteiger partial charge in [0, 0.05) is 6.20 Å². The lowest BCUT2D eigenvalue weighted by Crippen LogP contribution is -2.21. The predicted molar refractivity (Wildman–Crippen MR) is 54.3 cm³/mol. The van der Waals surface area contributed by atoms with Crippen LogP contribution in [0.5, 0.6) is 0 Å². The van der Waals surface area contributed by atoms with Gasteiger partial charge in [-0.3, -0.25) is 0 Å². The van der Waals surface area contributed by atoms with Crippen LogP contribution in [0.25, 0.3) is 12.4 Å². The summed E-state index contributed by atoms with van der Waals surface area (Å²) in [5, 5.41) is 43.1. The molecule has 2 rings (SSSR count). The van der Waals surface area contributed by atoms with Crippen LogP contribution in [-0.2, 0) is 0 Å². The third kappa shape index (κ3) is 2.94. The first kappa shape index (κ1) is 12.7. The molecule has 16 nitrogen and oxygen atoms in total. The summed E-state index contributed by atoms with van der Waals surface area (Å²) >= 11 is 0. The molecule has 0 atom stereocenters. The summed E-state index contributed by atoms with van der Waals surface area (Å²) in [5.74, 6) is 0. The Morgan fingerprint density at radius 2 is 2.00 bits per heavy atom. The molecule has 0 aliphatic rings. The van der Waals surface area contributed by atoms with Crippen molar-refractivity contribution in [2.45, 2.75) is 0 Å². The molecule has 0 spiro atoms. The zero-order valence-electron chi connectivity index (χ0n) is 9.21. The number of nitro groups is 2. The van der Waals surface area contributed by atoms with Gasteiger partial charge in [-0.2, -0.15) is 5.21 Å². The van der Waals surface area contributed by atoms with Crippen molar-refractivity contribution in [3.63, 3.8) is 0 Å². The third-order valence-corrected chi connectivity index (χ3v) is 1.68. The smallest absolute Gasteiger partial charge is 0.301 e. The SMILES string of the molecule is O=[N+]([O-])/N=c1\[n-]nnn1/C=C/n1[nH]nn/c1=N\[N+](=O)[O-]. The molecule has 0 saturated heterocycles. The molecule has 0 radical (unpaired) electrons. The summed E-state index contributed by atoms with van der Waals surface area (Å²) in [6.45, 7) is 0. The van der Waals surface area contributed by atoms with E-state index >= 15 is 0 Å². The quantitative estimate of drug-likeness (QED) is 0.434. The summed E-state index contributed by atoms with van der Waals surface area (Å²) in [5.41, 5.74) is -0.751. The molecule has 0 aliphatic heterocycles. The van der Waals surface area contributed by atoms with E-state index in [2.05, 4.69) is 41.3 Å². The minimum absolute atomic E-state index is 0.355. The number of tetrazole rings is 2. The average molecular weight is 283 g/mol. The molecule has 0 aromatic carbocycles. The lowest BCUT2D eigenvalue weighted by atomic mass is 10.8. The lowest BCUT2D eigenvalue weighted by molar-refractivity contribution is -0.491. The lowest BCUT2D eigenvalue weighted by Gasteiger charge is -1.95. The molecule has 2 heterocycles. The van der Waals surface area contributed by atoms with Crippen LogP contribution in [0.4, 0.5) is 0 Å². The van der Waals surface area contributed by atoms with Crippen LogP contribution >= 0.6 is 0 Å². The van der Waals surface area contributed by atoms with Crippen LogP contribution in [0.1, 0.15) is 0 Å². The van der Waals surface area contributed by atoms with Crippen LogP contribution in [0.2, 0.25) is 0 Å². The first-order valence-corrected chi connectivity index (χ1v) is 4.57. The van der Waals surface area contributed by atoms with Gasteiger partial charge in [0.15, 0.2) is 10.7 Å². The van der Waals surface area contributed by atoms with Crippen LogP contribution in [0.3, 0.4) is 0 Å². The van der Waals surface area contributed by atoms with Gasteiger partial charge in [0.2, 0.25) is 0 Å². The number of hydrogen-bond acceptors (Lipinski definition) is 8. The molecule has 1 N–H and O–H groups in total. The van der Waals surface area contributed by atoms with Gasteiger partial charge in [-0.15, -0.1) is 5.21 Å². The van der Waals surface area contributed by atoms with E-state index in [1.165, 1.54) is 0 Å². The molecule has 0 fully saturated rings. The van der Waals surface area contributed by atoms with Crippen LogP contribution in [-0.4, -0.2) is 45.4 Å². The highest BCUT2D eigenvalue weighted by Crippen LogP contribution is 1.79. The second kappa shape index (κ2) is 5.29. The number of rotatable bonds is 4. The van der Waals surface area contributed by atoms with E-state index in [9.17, 15) is 20.2 Å². The maximum absolute atomic E-state index is 10.2. The summed E-state index contributed by atoms with van der Waals surface area (Å²) in [7, 11) is 0. The highest BCUT2D eigenvalue weighted by molar-refractivity contribution is 5.40. The summed E-state index contributed by atoms with van der Waals surface area (Å²) in [6.07, 6.45) is 2.28. The zero-order chi connectivity index (χ0) is 14.5. The predicted octanol–water partition coefficient (Wildman–Crippen LogP) is -3.57. The molecule has 20 heavy (non-hydrogen) atoms. The number of hydrogen-bond donors (Lipinski definition) is 1. The molecule has 0 unspecified atom stereocenters. The molecule has 0 bridgehead atoms. The van der Waals surface area contributed by atoms with E-state index in [4.69, 9.17) is 0 Å². The van der Waals surface area contributed by atoms with E-state index in [1.807, 2.05) is 0 Å². The first-order chi connectivity index (χ1) is 9.56. The molecule has 2 aromatic rings. The summed E-state index contributed by atoms with van der Waals surface area (Å²) in [6, 6.07) is 0. The second-order valence-corrected chi connectivity index (χ2v) is 2.87. The molecule has 0 aliphatic carbocycles. The molecular weight excluding hydrogens is 280 g/mol. The zero-order valence-corrected chi connectivity index (χ0v) is 9.21. The molecule has 16 heteroatoms. The van der Waals surface area contributed by atoms with Crippen LogP contribution in [0.15, 0.2) is 10.2 Å². The Kier molecular flexibility index (Phi) is 3.36. The molecule has 104 valence electrons. The number of aromatic nitrogens is 8. The van der Waals surface area contributed by atoms with Crippen molar-refractivity contribution in [1.29, 1.82) is 0 Å². The first-order valence-electron chi connectivity index (χ1n) is 4.57. The maximum atomic E-state index is 10.2. The summed E-state index contributed by atoms with van der Waals surface area (Å²) < 4.78 is 1.81. The summed E-state index contributed by atoms with van der Waals surface area (Å²) in [4.78, 5) is 20.4. The third-order valence-electron chi connectivity index (χ3n) is 1.68. The van der Waals surface area contributed by atoms with Crippen molar-refractivity contribution in [3.8, 4) is 0 Å². The minimum Gasteiger partial charge on any atom is -0.301 e. The molecule has 0 amide bonds. The Morgan fingerprint density at radius 1 is 1.25 bits per heavy atom. The fourth-order valence-corrected chi connectivity index (χ4v) is 1.00. The number of nitrogens with zero attached hydrogens (tertiary/aromatic N) is 11. The standard InChI is InChI=1S/C4H3N12O4/c17-15(18)7-3-5-9-11-13(3)1-2-14-4(6-10-12-14)8-16(19)20/h1-2H,(H-,5,6,7,8,11,12)/q-1/b2-1+. The van der Waals surface area contributed by atoms with Gasteiger partial charge in [0.25, 0.3) is 0 Å². The van der Waals surface area contributed by atoms with Crippen LogP contribution < -0.4 is 16.3 Å². The molecule has 0 saturated carbocycles. The average Bonchev–Trinajstić information content (AvgIpc) is 2.95. The Morgan fingerprint density at radius 3 is 2.70 bits per heavy atom. The number of nitrogens with one attached hydrogen (secondary N) is 1. The number of aromatic amines is 1.